The summed E-state index contributed by atoms with van der Waals surface area (Å²) >= 11 is 2.35. The molecule has 1 nitrogen and oxygen atoms in total. The van der Waals surface area contributed by atoms with Gasteiger partial charge >= 0.3 is 0 Å². The summed E-state index contributed by atoms with van der Waals surface area (Å²) in [5.41, 5.74) is 1.36. The third kappa shape index (κ3) is 1.96. The van der Waals surface area contributed by atoms with E-state index in [4.69, 9.17) is 4.74 Å². The van der Waals surface area contributed by atoms with Crippen molar-refractivity contribution in [3.63, 3.8) is 0 Å². The molecule has 0 fully saturated rings. The smallest absolute Gasteiger partial charge is 0.122 e. The Morgan fingerprint density at radius 1 is 1.55 bits per heavy atom. The molecule has 0 atom stereocenters. The fraction of sp³-hybridized carbons (Fsp3) is 0.250. The van der Waals surface area contributed by atoms with E-state index in [1.807, 2.05) is 12.1 Å². The van der Waals surface area contributed by atoms with E-state index in [9.17, 15) is 0 Å². The molecule has 0 radical (unpaired) electrons. The van der Waals surface area contributed by atoms with Gasteiger partial charge in [-0.3, -0.25) is 0 Å². The van der Waals surface area contributed by atoms with Gasteiger partial charge in [0.25, 0.3) is 0 Å². The second kappa shape index (κ2) is 4.11. The summed E-state index contributed by atoms with van der Waals surface area (Å²) in [5.74, 6) is 1.03. The number of halogens is 1. The third-order valence-electron chi connectivity index (χ3n) is 1.65. The van der Waals surface area contributed by atoms with E-state index in [1.54, 1.807) is 7.11 Å². The van der Waals surface area contributed by atoms with Gasteiger partial charge in [-0.25, -0.2) is 0 Å². The van der Waals surface area contributed by atoms with Gasteiger partial charge in [-0.1, -0.05) is 6.07 Å². The first-order valence-electron chi connectivity index (χ1n) is 3.61. The van der Waals surface area contributed by atoms with Gasteiger partial charge in [0.2, 0.25) is 0 Å². The lowest BCUT2D eigenvalue weighted by Crippen LogP contribution is -1.94. The number of ether oxygens (including phenoxy) is 1. The molecule has 11 heavy (non-hydrogen) atoms. The third-order valence-corrected chi connectivity index (χ3v) is 3.37. The molecule has 0 saturated carbocycles. The zero-order valence-electron chi connectivity index (χ0n) is 6.73. The van der Waals surface area contributed by atoms with Crippen LogP contribution < -0.4 is 4.74 Å². The molecular formula is C8H11IOSi. The molecule has 0 spiro atoms. The van der Waals surface area contributed by atoms with Crippen molar-refractivity contribution in [1.29, 1.82) is 0 Å². The maximum atomic E-state index is 5.23. The molecule has 0 bridgehead atoms. The number of hydrogen-bond acceptors (Lipinski definition) is 1. The molecule has 0 saturated heterocycles. The molecule has 0 aromatic heterocycles. The first kappa shape index (κ1) is 9.06. The van der Waals surface area contributed by atoms with Gasteiger partial charge in [0.1, 0.15) is 5.75 Å². The summed E-state index contributed by atoms with van der Waals surface area (Å²) in [4.78, 5) is 0. The van der Waals surface area contributed by atoms with Crippen LogP contribution in [0.3, 0.4) is 0 Å². The number of benzene rings is 1. The molecule has 0 aliphatic rings. The second-order valence-electron chi connectivity index (χ2n) is 2.27. The van der Waals surface area contributed by atoms with Gasteiger partial charge in [-0.2, -0.15) is 0 Å². The molecule has 0 N–H and O–H groups in total. The van der Waals surface area contributed by atoms with Gasteiger partial charge in [0.15, 0.2) is 0 Å². The van der Waals surface area contributed by atoms with E-state index in [0.717, 1.165) is 5.75 Å². The van der Waals surface area contributed by atoms with Gasteiger partial charge in [-0.05, 0) is 40.8 Å². The number of methoxy groups -OCH3 is 1. The topological polar surface area (TPSA) is 9.23 Å². The Bertz CT molecular complexity index is 250. The fourth-order valence-electron chi connectivity index (χ4n) is 1.07. The van der Waals surface area contributed by atoms with Crippen molar-refractivity contribution < 1.29 is 4.74 Å². The molecule has 0 aliphatic heterocycles. The maximum absolute atomic E-state index is 5.23. The zero-order chi connectivity index (χ0) is 8.27. The van der Waals surface area contributed by atoms with E-state index >= 15 is 0 Å². The Morgan fingerprint density at radius 2 is 2.27 bits per heavy atom. The van der Waals surface area contributed by atoms with Crippen molar-refractivity contribution in [3.8, 4) is 5.75 Å². The summed E-state index contributed by atoms with van der Waals surface area (Å²) < 4.78 is 6.55. The molecule has 3 heteroatoms. The van der Waals surface area contributed by atoms with Gasteiger partial charge in [0.05, 0.1) is 7.11 Å². The summed E-state index contributed by atoms with van der Waals surface area (Å²) in [6, 6.07) is 7.34. The lowest BCUT2D eigenvalue weighted by Gasteiger charge is -2.07. The van der Waals surface area contributed by atoms with Crippen LogP contribution in [-0.4, -0.2) is 17.4 Å². The second-order valence-corrected chi connectivity index (χ2v) is 4.14. The number of hydrogen-bond donors (Lipinski definition) is 0. The van der Waals surface area contributed by atoms with E-state index < -0.39 is 0 Å². The Morgan fingerprint density at radius 3 is 2.73 bits per heavy atom. The molecule has 0 heterocycles. The molecule has 0 aliphatic carbocycles. The minimum absolute atomic E-state index is 1.03. The van der Waals surface area contributed by atoms with Crippen LogP contribution in [0.25, 0.3) is 0 Å². The van der Waals surface area contributed by atoms with Gasteiger partial charge < -0.3 is 4.74 Å². The number of rotatable bonds is 2. The average molecular weight is 278 g/mol. The molecule has 1 aromatic carbocycles. The normalized spacial score (nSPS) is 10.0. The molecule has 0 unspecified atom stereocenters. The Labute approximate surface area is 83.7 Å². The minimum atomic E-state index is 1.03. The van der Waals surface area contributed by atoms with Crippen molar-refractivity contribution >= 4 is 32.8 Å². The predicted octanol–water partition coefficient (Wildman–Crippen LogP) is 1.17. The summed E-state index contributed by atoms with van der Waals surface area (Å²) in [5, 5.41) is 0. The zero-order valence-corrected chi connectivity index (χ0v) is 10.9. The largest absolute Gasteiger partial charge is 0.496 e. The summed E-state index contributed by atoms with van der Waals surface area (Å²) in [6.45, 7) is 0. The van der Waals surface area contributed by atoms with E-state index in [2.05, 4.69) is 28.7 Å². The predicted molar refractivity (Wildman–Crippen MR) is 59.4 cm³/mol. The van der Waals surface area contributed by atoms with Crippen LogP contribution in [0.5, 0.6) is 5.75 Å². The minimum Gasteiger partial charge on any atom is -0.496 e. The van der Waals surface area contributed by atoms with Crippen LogP contribution in [-0.2, 0) is 6.04 Å². The molecule has 1 aromatic rings. The monoisotopic (exact) mass is 278 g/mol. The lowest BCUT2D eigenvalue weighted by molar-refractivity contribution is 0.411. The highest BCUT2D eigenvalue weighted by atomic mass is 127. The SMILES string of the molecule is COc1cccc(I)c1C[SiH3]. The Hall–Kier alpha value is -0.0331. The summed E-state index contributed by atoms with van der Waals surface area (Å²) in [7, 11) is 2.92. The van der Waals surface area contributed by atoms with E-state index in [1.165, 1.54) is 25.4 Å². The van der Waals surface area contributed by atoms with Crippen LogP contribution >= 0.6 is 22.6 Å². The van der Waals surface area contributed by atoms with Gasteiger partial charge in [0, 0.05) is 19.4 Å². The highest BCUT2D eigenvalue weighted by Crippen LogP contribution is 2.22. The van der Waals surface area contributed by atoms with Crippen molar-refractivity contribution in [2.45, 2.75) is 6.04 Å². The quantitative estimate of drug-likeness (QED) is 0.583. The Kier molecular flexibility index (Phi) is 3.38. The first-order chi connectivity index (χ1) is 5.29. The average Bonchev–Trinajstić information content (AvgIpc) is 2.04. The molecule has 60 valence electrons. The maximum Gasteiger partial charge on any atom is 0.122 e. The fourth-order valence-corrected chi connectivity index (χ4v) is 3.38. The van der Waals surface area contributed by atoms with Crippen LogP contribution in [0.1, 0.15) is 5.56 Å². The Balaban J connectivity index is 3.13. The first-order valence-corrected chi connectivity index (χ1v) is 6.10. The van der Waals surface area contributed by atoms with Crippen LogP contribution in [0, 0.1) is 3.57 Å². The standard InChI is InChI=1S/C8H11IOSi/c1-10-8-4-2-3-7(9)6(8)5-11/h2-4H,5H2,1,11H3. The van der Waals surface area contributed by atoms with Crippen molar-refractivity contribution in [2.75, 3.05) is 7.11 Å². The van der Waals surface area contributed by atoms with Crippen LogP contribution in [0.2, 0.25) is 0 Å². The van der Waals surface area contributed by atoms with E-state index in [-0.39, 0.29) is 0 Å². The molecule has 1 rings (SSSR count). The highest BCUT2D eigenvalue weighted by molar-refractivity contribution is 14.1. The van der Waals surface area contributed by atoms with Crippen molar-refractivity contribution in [1.82, 2.24) is 0 Å². The van der Waals surface area contributed by atoms with Gasteiger partial charge in [-0.15, -0.1) is 0 Å². The van der Waals surface area contributed by atoms with Crippen LogP contribution in [0.4, 0.5) is 0 Å². The summed E-state index contributed by atoms with van der Waals surface area (Å²) in [6.07, 6.45) is 0. The highest BCUT2D eigenvalue weighted by Gasteiger charge is 2.02. The molecular weight excluding hydrogens is 267 g/mol. The molecule has 0 amide bonds. The van der Waals surface area contributed by atoms with Crippen LogP contribution in [0.15, 0.2) is 18.2 Å². The lowest BCUT2D eigenvalue weighted by atomic mass is 10.2. The van der Waals surface area contributed by atoms with Crippen molar-refractivity contribution in [3.05, 3.63) is 27.3 Å². The van der Waals surface area contributed by atoms with E-state index in [0.29, 0.717) is 0 Å². The van der Waals surface area contributed by atoms with Crippen molar-refractivity contribution in [2.24, 2.45) is 0 Å².